The van der Waals surface area contributed by atoms with Gasteiger partial charge in [-0.2, -0.15) is 0 Å². The van der Waals surface area contributed by atoms with Gasteiger partial charge in [0, 0.05) is 12.0 Å². The number of halogens is 1. The van der Waals surface area contributed by atoms with Gasteiger partial charge in [0.25, 0.3) is 0 Å². The molecule has 0 aromatic carbocycles. The van der Waals surface area contributed by atoms with E-state index in [4.69, 9.17) is 16.3 Å². The van der Waals surface area contributed by atoms with Crippen molar-refractivity contribution < 1.29 is 9.84 Å². The number of rotatable bonds is 2. The molecule has 0 atom stereocenters. The van der Waals surface area contributed by atoms with E-state index in [0.717, 1.165) is 34.9 Å². The van der Waals surface area contributed by atoms with E-state index in [9.17, 15) is 5.11 Å². The molecule has 84 valence electrons. The second-order valence-electron chi connectivity index (χ2n) is 4.07. The molecule has 15 heavy (non-hydrogen) atoms. The Morgan fingerprint density at radius 2 is 2.13 bits per heavy atom. The highest BCUT2D eigenvalue weighted by Gasteiger charge is 2.35. The molecule has 1 aromatic heterocycles. The van der Waals surface area contributed by atoms with Crippen LogP contribution in [0.4, 0.5) is 0 Å². The fraction of sp³-hybridized carbons (Fsp3) is 0.636. The van der Waals surface area contributed by atoms with Gasteiger partial charge in [0.2, 0.25) is 0 Å². The second kappa shape index (κ2) is 4.42. The van der Waals surface area contributed by atoms with E-state index in [1.54, 1.807) is 7.11 Å². The molecular formula is C11H15ClO2S. The molecule has 0 saturated heterocycles. The van der Waals surface area contributed by atoms with Crippen molar-refractivity contribution in [2.45, 2.75) is 37.4 Å². The minimum absolute atomic E-state index is 0.306. The van der Waals surface area contributed by atoms with Gasteiger partial charge in [-0.25, -0.2) is 0 Å². The first-order valence-electron chi connectivity index (χ1n) is 5.15. The second-order valence-corrected chi connectivity index (χ2v) is 5.79. The molecule has 0 radical (unpaired) electrons. The first-order chi connectivity index (χ1) is 7.14. The van der Waals surface area contributed by atoms with E-state index < -0.39 is 5.60 Å². The van der Waals surface area contributed by atoms with Gasteiger partial charge < -0.3 is 9.84 Å². The lowest BCUT2D eigenvalue weighted by Crippen LogP contribution is -2.33. The lowest BCUT2D eigenvalue weighted by atomic mass is 9.82. The topological polar surface area (TPSA) is 29.5 Å². The van der Waals surface area contributed by atoms with Crippen LogP contribution in [0.2, 0.25) is 4.34 Å². The van der Waals surface area contributed by atoms with Gasteiger partial charge in [-0.15, -0.1) is 11.3 Å². The average molecular weight is 247 g/mol. The maximum absolute atomic E-state index is 10.5. The molecule has 0 amide bonds. The number of hydrogen-bond acceptors (Lipinski definition) is 3. The van der Waals surface area contributed by atoms with Crippen molar-refractivity contribution in [1.29, 1.82) is 0 Å². The molecule has 4 heteroatoms. The molecule has 0 bridgehead atoms. The van der Waals surface area contributed by atoms with E-state index in [1.165, 1.54) is 11.3 Å². The van der Waals surface area contributed by atoms with Crippen LogP contribution in [0.15, 0.2) is 12.1 Å². The fourth-order valence-corrected chi connectivity index (χ4v) is 3.30. The van der Waals surface area contributed by atoms with Crippen LogP contribution in [0.5, 0.6) is 0 Å². The molecule has 0 spiro atoms. The number of aliphatic hydroxyl groups is 1. The van der Waals surface area contributed by atoms with Crippen LogP contribution >= 0.6 is 22.9 Å². The van der Waals surface area contributed by atoms with Crippen molar-refractivity contribution in [3.63, 3.8) is 0 Å². The normalized spacial score (nSPS) is 31.8. The number of methoxy groups -OCH3 is 1. The highest BCUT2D eigenvalue weighted by atomic mass is 35.5. The smallest absolute Gasteiger partial charge is 0.0990 e. The standard InChI is InChI=1S/C11H15ClO2S/c1-14-8-4-6-11(13,7-5-8)9-2-3-10(12)15-9/h2-3,8,13H,4-7H2,1H3. The van der Waals surface area contributed by atoms with E-state index >= 15 is 0 Å². The van der Waals surface area contributed by atoms with Crippen LogP contribution in [0.1, 0.15) is 30.6 Å². The van der Waals surface area contributed by atoms with Gasteiger partial charge >= 0.3 is 0 Å². The van der Waals surface area contributed by atoms with Crippen LogP contribution in [-0.2, 0) is 10.3 Å². The summed E-state index contributed by atoms with van der Waals surface area (Å²) in [5, 5.41) is 10.5. The van der Waals surface area contributed by atoms with E-state index in [0.29, 0.717) is 6.10 Å². The predicted molar refractivity (Wildman–Crippen MR) is 62.5 cm³/mol. The van der Waals surface area contributed by atoms with Gasteiger partial charge in [-0.05, 0) is 37.8 Å². The number of hydrogen-bond donors (Lipinski definition) is 1. The van der Waals surface area contributed by atoms with Crippen molar-refractivity contribution >= 4 is 22.9 Å². The molecule has 2 rings (SSSR count). The minimum Gasteiger partial charge on any atom is -0.384 e. The van der Waals surface area contributed by atoms with E-state index in [2.05, 4.69) is 0 Å². The molecular weight excluding hydrogens is 232 g/mol. The molecule has 1 aromatic rings. The molecule has 1 N–H and O–H groups in total. The average Bonchev–Trinajstić information content (AvgIpc) is 2.67. The van der Waals surface area contributed by atoms with Gasteiger partial charge in [-0.1, -0.05) is 11.6 Å². The first-order valence-corrected chi connectivity index (χ1v) is 6.34. The van der Waals surface area contributed by atoms with Gasteiger partial charge in [0.1, 0.15) is 0 Å². The summed E-state index contributed by atoms with van der Waals surface area (Å²) in [6, 6.07) is 3.78. The Kier molecular flexibility index (Phi) is 3.36. The Morgan fingerprint density at radius 3 is 2.60 bits per heavy atom. The van der Waals surface area contributed by atoms with Crippen LogP contribution in [0, 0.1) is 0 Å². The van der Waals surface area contributed by atoms with Crippen LogP contribution in [-0.4, -0.2) is 18.3 Å². The maximum atomic E-state index is 10.5. The summed E-state index contributed by atoms with van der Waals surface area (Å²) in [5.41, 5.74) is -0.674. The molecule has 0 aliphatic heterocycles. The maximum Gasteiger partial charge on any atom is 0.0990 e. The first kappa shape index (κ1) is 11.4. The SMILES string of the molecule is COC1CCC(O)(c2ccc(Cl)s2)CC1. The van der Waals surface area contributed by atoms with Crippen molar-refractivity contribution in [1.82, 2.24) is 0 Å². The summed E-state index contributed by atoms with van der Waals surface area (Å²) in [6.45, 7) is 0. The fourth-order valence-electron chi connectivity index (χ4n) is 2.12. The summed E-state index contributed by atoms with van der Waals surface area (Å²) in [5.74, 6) is 0. The Morgan fingerprint density at radius 1 is 1.47 bits per heavy atom. The van der Waals surface area contributed by atoms with E-state index in [1.807, 2.05) is 12.1 Å². The third-order valence-corrected chi connectivity index (χ3v) is 4.55. The summed E-state index contributed by atoms with van der Waals surface area (Å²) in [7, 11) is 1.73. The molecule has 1 fully saturated rings. The van der Waals surface area contributed by atoms with Crippen LogP contribution in [0.3, 0.4) is 0 Å². The minimum atomic E-state index is -0.674. The highest BCUT2D eigenvalue weighted by molar-refractivity contribution is 7.16. The Labute approximate surface area is 98.8 Å². The Balaban J connectivity index is 2.09. The van der Waals surface area contributed by atoms with Crippen molar-refractivity contribution in [3.05, 3.63) is 21.3 Å². The summed E-state index contributed by atoms with van der Waals surface area (Å²) in [6.07, 6.45) is 3.68. The lowest BCUT2D eigenvalue weighted by Gasteiger charge is -2.34. The molecule has 1 aliphatic carbocycles. The zero-order valence-corrected chi connectivity index (χ0v) is 10.3. The third-order valence-electron chi connectivity index (χ3n) is 3.12. The quantitative estimate of drug-likeness (QED) is 0.869. The van der Waals surface area contributed by atoms with Crippen molar-refractivity contribution in [3.8, 4) is 0 Å². The van der Waals surface area contributed by atoms with E-state index in [-0.39, 0.29) is 0 Å². The van der Waals surface area contributed by atoms with Gasteiger partial charge in [0.05, 0.1) is 16.0 Å². The molecule has 0 unspecified atom stereocenters. The predicted octanol–water partition coefficient (Wildman–Crippen LogP) is 3.18. The van der Waals surface area contributed by atoms with Crippen molar-refractivity contribution in [2.75, 3.05) is 7.11 Å². The monoisotopic (exact) mass is 246 g/mol. The molecule has 2 nitrogen and oxygen atoms in total. The summed E-state index contributed by atoms with van der Waals surface area (Å²) in [4.78, 5) is 0.988. The Hall–Kier alpha value is -0.0900. The van der Waals surface area contributed by atoms with Crippen LogP contribution in [0.25, 0.3) is 0 Å². The third kappa shape index (κ3) is 2.36. The van der Waals surface area contributed by atoms with Gasteiger partial charge in [-0.3, -0.25) is 0 Å². The van der Waals surface area contributed by atoms with Gasteiger partial charge in [0.15, 0.2) is 0 Å². The molecule has 1 aliphatic rings. The molecule has 1 saturated carbocycles. The van der Waals surface area contributed by atoms with Crippen LogP contribution < -0.4 is 0 Å². The summed E-state index contributed by atoms with van der Waals surface area (Å²) >= 11 is 7.36. The summed E-state index contributed by atoms with van der Waals surface area (Å²) < 4.78 is 6.03. The highest BCUT2D eigenvalue weighted by Crippen LogP contribution is 2.41. The zero-order chi connectivity index (χ0) is 10.9. The lowest BCUT2D eigenvalue weighted by molar-refractivity contribution is -0.0451. The number of ether oxygens (including phenoxy) is 1. The molecule has 1 heterocycles. The Bertz CT molecular complexity index is 329. The zero-order valence-electron chi connectivity index (χ0n) is 8.70. The van der Waals surface area contributed by atoms with Crippen molar-refractivity contribution in [2.24, 2.45) is 0 Å². The number of thiophene rings is 1. The largest absolute Gasteiger partial charge is 0.384 e.